The first-order valence-electron chi connectivity index (χ1n) is 2.66. The van der Waals surface area contributed by atoms with Crippen molar-refractivity contribution in [2.45, 2.75) is 19.4 Å². The fraction of sp³-hybridized carbons (Fsp3) is 0.600. The summed E-state index contributed by atoms with van der Waals surface area (Å²) < 4.78 is 0. The largest absolute Gasteiger partial charge is 0.464 e. The van der Waals surface area contributed by atoms with Crippen LogP contribution in [0.1, 0.15) is 13.8 Å². The van der Waals surface area contributed by atoms with E-state index in [4.69, 9.17) is 10.9 Å². The summed E-state index contributed by atoms with van der Waals surface area (Å²) in [5, 5.41) is 8.75. The summed E-state index contributed by atoms with van der Waals surface area (Å²) in [5.41, 5.74) is -1.15. The number of hydrazine groups is 1. The number of amides is 1. The van der Waals surface area contributed by atoms with Crippen molar-refractivity contribution in [2.24, 2.45) is 5.84 Å². The molecular formula is C5H10N2O3. The Hall–Kier alpha value is -1.10. The number of carbonyl (C=O) groups excluding carboxylic acids is 1. The van der Waals surface area contributed by atoms with Crippen LogP contribution >= 0.6 is 0 Å². The number of aldehydes is 1. The Kier molecular flexibility index (Phi) is 2.36. The van der Waals surface area contributed by atoms with Gasteiger partial charge in [-0.3, -0.25) is 0 Å². The summed E-state index contributed by atoms with van der Waals surface area (Å²) in [6.45, 7) is 2.82. The van der Waals surface area contributed by atoms with E-state index in [1.807, 2.05) is 0 Å². The van der Waals surface area contributed by atoms with Crippen molar-refractivity contribution in [1.29, 1.82) is 0 Å². The number of nitrogens with two attached hydrogens (primary N) is 1. The molecule has 0 radical (unpaired) electrons. The van der Waals surface area contributed by atoms with Crippen LogP contribution in [0.5, 0.6) is 0 Å². The number of hydrogen-bond acceptors (Lipinski definition) is 3. The minimum Gasteiger partial charge on any atom is -0.464 e. The molecule has 0 bridgehead atoms. The second kappa shape index (κ2) is 2.66. The monoisotopic (exact) mass is 146 g/mol. The van der Waals surface area contributed by atoms with Gasteiger partial charge in [-0.1, -0.05) is 0 Å². The summed E-state index contributed by atoms with van der Waals surface area (Å²) in [6.07, 6.45) is -0.849. The van der Waals surface area contributed by atoms with Crippen molar-refractivity contribution in [2.75, 3.05) is 0 Å². The Bertz CT molecular complexity index is 155. The van der Waals surface area contributed by atoms with Crippen LogP contribution in [0.15, 0.2) is 0 Å². The van der Waals surface area contributed by atoms with E-state index in [2.05, 4.69) is 0 Å². The van der Waals surface area contributed by atoms with Crippen molar-refractivity contribution < 1.29 is 14.7 Å². The molecule has 1 amide bonds. The summed E-state index contributed by atoms with van der Waals surface area (Å²) in [4.78, 5) is 20.3. The first-order chi connectivity index (χ1) is 4.41. The van der Waals surface area contributed by atoms with Gasteiger partial charge in [0.25, 0.3) is 0 Å². The van der Waals surface area contributed by atoms with Crippen molar-refractivity contribution >= 4 is 12.4 Å². The third-order valence-corrected chi connectivity index (χ3v) is 1.12. The minimum absolute atomic E-state index is 0.458. The Balaban J connectivity index is 4.31. The van der Waals surface area contributed by atoms with E-state index in [1.165, 1.54) is 13.8 Å². The highest BCUT2D eigenvalue weighted by Crippen LogP contribution is 2.05. The van der Waals surface area contributed by atoms with E-state index in [-0.39, 0.29) is 0 Å². The molecule has 0 aromatic carbocycles. The molecule has 0 spiro atoms. The van der Waals surface area contributed by atoms with Crippen molar-refractivity contribution in [3.8, 4) is 0 Å². The van der Waals surface area contributed by atoms with E-state index < -0.39 is 11.6 Å². The van der Waals surface area contributed by atoms with Crippen LogP contribution < -0.4 is 5.84 Å². The van der Waals surface area contributed by atoms with Crippen molar-refractivity contribution in [3.63, 3.8) is 0 Å². The predicted molar refractivity (Wildman–Crippen MR) is 34.2 cm³/mol. The summed E-state index contributed by atoms with van der Waals surface area (Å²) >= 11 is 0. The molecule has 0 heterocycles. The molecule has 0 aromatic heterocycles. The predicted octanol–water partition coefficient (Wildman–Crippen LogP) is -0.182. The number of carboxylic acid groups (broad SMARTS) is 1. The molecule has 0 fully saturated rings. The van der Waals surface area contributed by atoms with Gasteiger partial charge in [0.1, 0.15) is 11.8 Å². The van der Waals surface area contributed by atoms with Crippen molar-refractivity contribution in [1.82, 2.24) is 5.01 Å². The first-order valence-corrected chi connectivity index (χ1v) is 2.66. The van der Waals surface area contributed by atoms with Crippen LogP contribution in [-0.2, 0) is 4.79 Å². The van der Waals surface area contributed by atoms with Crippen molar-refractivity contribution in [3.05, 3.63) is 0 Å². The smallest absolute Gasteiger partial charge is 0.422 e. The third-order valence-electron chi connectivity index (χ3n) is 1.12. The summed E-state index contributed by atoms with van der Waals surface area (Å²) in [7, 11) is 0. The van der Waals surface area contributed by atoms with Gasteiger partial charge in [0.05, 0.1) is 0 Å². The first kappa shape index (κ1) is 8.90. The van der Waals surface area contributed by atoms with Gasteiger partial charge in [0, 0.05) is 0 Å². The molecule has 0 saturated heterocycles. The highest BCUT2D eigenvalue weighted by atomic mass is 16.4. The summed E-state index contributed by atoms with van der Waals surface area (Å²) in [5.74, 6) is 5.01. The molecule has 0 rings (SSSR count). The molecule has 10 heavy (non-hydrogen) atoms. The normalized spacial score (nSPS) is 10.7. The lowest BCUT2D eigenvalue weighted by Gasteiger charge is -2.26. The molecule has 0 aliphatic rings. The lowest BCUT2D eigenvalue weighted by atomic mass is 10.1. The zero-order valence-electron chi connectivity index (χ0n) is 5.87. The fourth-order valence-electron chi connectivity index (χ4n) is 0.303. The maximum atomic E-state index is 10.2. The Morgan fingerprint density at radius 3 is 2.20 bits per heavy atom. The van der Waals surface area contributed by atoms with E-state index >= 15 is 0 Å². The van der Waals surface area contributed by atoms with E-state index in [0.29, 0.717) is 11.3 Å². The molecule has 0 aliphatic carbocycles. The maximum absolute atomic E-state index is 10.2. The molecule has 5 heteroatoms. The molecule has 58 valence electrons. The van der Waals surface area contributed by atoms with Gasteiger partial charge >= 0.3 is 6.09 Å². The SMILES string of the molecule is CC(C)(C=O)N(N)C(=O)O. The Morgan fingerprint density at radius 1 is 1.70 bits per heavy atom. The number of rotatable bonds is 2. The fourth-order valence-corrected chi connectivity index (χ4v) is 0.303. The van der Waals surface area contributed by atoms with Crippen LogP contribution in [0.3, 0.4) is 0 Å². The second-order valence-electron chi connectivity index (χ2n) is 2.42. The molecule has 0 aliphatic heterocycles. The van der Waals surface area contributed by atoms with Gasteiger partial charge in [-0.2, -0.15) is 0 Å². The van der Waals surface area contributed by atoms with E-state index in [1.54, 1.807) is 0 Å². The molecule has 0 atom stereocenters. The minimum atomic E-state index is -1.32. The van der Waals surface area contributed by atoms with Gasteiger partial charge < -0.3 is 9.90 Å². The molecular weight excluding hydrogens is 136 g/mol. The van der Waals surface area contributed by atoms with Crippen LogP contribution in [0.2, 0.25) is 0 Å². The number of nitrogens with zero attached hydrogens (tertiary/aromatic N) is 1. The van der Waals surface area contributed by atoms with E-state index in [9.17, 15) is 9.59 Å². The second-order valence-corrected chi connectivity index (χ2v) is 2.42. The van der Waals surface area contributed by atoms with Gasteiger partial charge in [0.15, 0.2) is 0 Å². The average molecular weight is 146 g/mol. The topological polar surface area (TPSA) is 83.6 Å². The number of hydrogen-bond donors (Lipinski definition) is 2. The highest BCUT2D eigenvalue weighted by molar-refractivity contribution is 5.73. The average Bonchev–Trinajstić information content (AvgIpc) is 1.86. The lowest BCUT2D eigenvalue weighted by molar-refractivity contribution is -0.116. The van der Waals surface area contributed by atoms with Gasteiger partial charge in [-0.15, -0.1) is 0 Å². The molecule has 0 saturated carbocycles. The quantitative estimate of drug-likeness (QED) is 0.245. The Labute approximate surface area is 58.4 Å². The standard InChI is InChI=1S/C5H10N2O3/c1-5(2,3-8)7(6)4(9)10/h3H,6H2,1-2H3,(H,9,10). The zero-order valence-corrected chi connectivity index (χ0v) is 5.87. The number of carbonyl (C=O) groups is 2. The highest BCUT2D eigenvalue weighted by Gasteiger charge is 2.27. The van der Waals surface area contributed by atoms with Crippen LogP contribution in [-0.4, -0.2) is 28.0 Å². The lowest BCUT2D eigenvalue weighted by Crippen LogP contribution is -2.52. The van der Waals surface area contributed by atoms with Gasteiger partial charge in [-0.05, 0) is 13.8 Å². The van der Waals surface area contributed by atoms with Gasteiger partial charge in [-0.25, -0.2) is 15.6 Å². The molecule has 0 unspecified atom stereocenters. The maximum Gasteiger partial charge on any atom is 0.422 e. The van der Waals surface area contributed by atoms with Gasteiger partial charge in [0.2, 0.25) is 0 Å². The molecule has 3 N–H and O–H groups in total. The molecule has 5 nitrogen and oxygen atoms in total. The zero-order chi connectivity index (χ0) is 8.36. The van der Waals surface area contributed by atoms with Crippen LogP contribution in [0.4, 0.5) is 4.79 Å². The van der Waals surface area contributed by atoms with E-state index in [0.717, 1.165) is 0 Å². The van der Waals surface area contributed by atoms with Crippen LogP contribution in [0, 0.1) is 0 Å². The Morgan fingerprint density at radius 2 is 2.10 bits per heavy atom. The summed E-state index contributed by atoms with van der Waals surface area (Å²) in [6, 6.07) is 0. The third kappa shape index (κ3) is 1.70. The molecule has 0 aromatic rings. The van der Waals surface area contributed by atoms with Crippen LogP contribution in [0.25, 0.3) is 0 Å².